The Morgan fingerprint density at radius 3 is 2.33 bits per heavy atom. The minimum absolute atomic E-state index is 0.127. The summed E-state index contributed by atoms with van der Waals surface area (Å²) in [6.45, 7) is 4.66. The molecule has 0 aliphatic heterocycles. The predicted octanol–water partition coefficient (Wildman–Crippen LogP) is 2.56. The molecule has 3 heteroatoms. The van der Waals surface area contributed by atoms with E-state index < -0.39 is 0 Å². The van der Waals surface area contributed by atoms with Crippen molar-refractivity contribution in [3.05, 3.63) is 71.3 Å². The van der Waals surface area contributed by atoms with E-state index in [0.717, 1.165) is 0 Å². The number of carbonyl (C=O) groups is 1. The molecule has 1 aliphatic rings. The van der Waals surface area contributed by atoms with Gasteiger partial charge in [0.05, 0.1) is 0 Å². The molecule has 24 heavy (non-hydrogen) atoms. The van der Waals surface area contributed by atoms with Gasteiger partial charge in [0.15, 0.2) is 6.54 Å². The molecule has 2 aromatic rings. The van der Waals surface area contributed by atoms with Gasteiger partial charge in [-0.3, -0.25) is 4.79 Å². The van der Waals surface area contributed by atoms with Gasteiger partial charge < -0.3 is 10.6 Å². The molecule has 1 aliphatic carbocycles. The van der Waals surface area contributed by atoms with Gasteiger partial charge in [0, 0.05) is 17.2 Å². The molecular weight excluding hydrogens is 296 g/mol. The van der Waals surface area contributed by atoms with E-state index in [1.165, 1.54) is 29.5 Å². The number of nitrogens with two attached hydrogens (primary N) is 1. The molecular formula is C21H27N2O+. The Balaban J connectivity index is 1.68. The fourth-order valence-corrected chi connectivity index (χ4v) is 3.15. The molecule has 3 rings (SSSR count). The molecule has 0 spiro atoms. The molecule has 0 saturated heterocycles. The molecule has 3 nitrogen and oxygen atoms in total. The van der Waals surface area contributed by atoms with E-state index in [4.69, 9.17) is 0 Å². The van der Waals surface area contributed by atoms with Crippen molar-refractivity contribution < 1.29 is 10.1 Å². The molecule has 0 aromatic heterocycles. The SMILES string of the molecule is Cc1ccc([C@@H]([NH2+]CC(=O)N[C@@H](C)C2CC2)c2ccccc2)cc1. The first-order valence-electron chi connectivity index (χ1n) is 8.87. The molecule has 1 saturated carbocycles. The second kappa shape index (κ2) is 7.63. The molecule has 126 valence electrons. The maximum absolute atomic E-state index is 12.3. The highest BCUT2D eigenvalue weighted by Gasteiger charge is 2.29. The van der Waals surface area contributed by atoms with Crippen LogP contribution in [0.15, 0.2) is 54.6 Å². The van der Waals surface area contributed by atoms with Crippen molar-refractivity contribution >= 4 is 5.91 Å². The summed E-state index contributed by atoms with van der Waals surface area (Å²) in [5.41, 5.74) is 3.71. The fourth-order valence-electron chi connectivity index (χ4n) is 3.15. The highest BCUT2D eigenvalue weighted by Crippen LogP contribution is 2.32. The predicted molar refractivity (Wildman–Crippen MR) is 96.6 cm³/mol. The van der Waals surface area contributed by atoms with Crippen LogP contribution in [0.2, 0.25) is 0 Å². The van der Waals surface area contributed by atoms with E-state index in [-0.39, 0.29) is 11.9 Å². The first-order valence-corrected chi connectivity index (χ1v) is 8.87. The number of hydrogen-bond acceptors (Lipinski definition) is 1. The van der Waals surface area contributed by atoms with Crippen LogP contribution in [0.25, 0.3) is 0 Å². The summed E-state index contributed by atoms with van der Waals surface area (Å²) in [6, 6.07) is 19.4. The Hall–Kier alpha value is -2.13. The van der Waals surface area contributed by atoms with Gasteiger partial charge in [0.1, 0.15) is 6.04 Å². The molecule has 1 amide bonds. The third kappa shape index (κ3) is 4.45. The summed E-state index contributed by atoms with van der Waals surface area (Å²) >= 11 is 0. The van der Waals surface area contributed by atoms with E-state index in [1.807, 2.05) is 6.07 Å². The van der Waals surface area contributed by atoms with E-state index in [0.29, 0.717) is 18.5 Å². The van der Waals surface area contributed by atoms with Crippen molar-refractivity contribution in [1.29, 1.82) is 0 Å². The number of quaternary nitrogens is 1. The molecule has 0 heterocycles. The summed E-state index contributed by atoms with van der Waals surface area (Å²) in [7, 11) is 0. The highest BCUT2D eigenvalue weighted by atomic mass is 16.2. The standard InChI is InChI=1S/C21H26N2O/c1-15-8-10-19(11-9-15)21(18-6-4-3-5-7-18)22-14-20(24)23-16(2)17-12-13-17/h3-11,16-17,21-22H,12-14H2,1-2H3,(H,23,24)/p+1/t16-,21-/m0/s1. The average Bonchev–Trinajstić information content (AvgIpc) is 3.42. The Morgan fingerprint density at radius 1 is 1.08 bits per heavy atom. The number of carbonyl (C=O) groups excluding carboxylic acids is 1. The van der Waals surface area contributed by atoms with Crippen LogP contribution in [0.1, 0.15) is 42.5 Å². The maximum Gasteiger partial charge on any atom is 0.275 e. The molecule has 3 N–H and O–H groups in total. The van der Waals surface area contributed by atoms with Gasteiger partial charge in [0.2, 0.25) is 0 Å². The number of hydrogen-bond donors (Lipinski definition) is 2. The van der Waals surface area contributed by atoms with Gasteiger partial charge in [-0.15, -0.1) is 0 Å². The van der Waals surface area contributed by atoms with Gasteiger partial charge in [-0.25, -0.2) is 0 Å². The second-order valence-electron chi connectivity index (χ2n) is 6.93. The lowest BCUT2D eigenvalue weighted by molar-refractivity contribution is -0.676. The van der Waals surface area contributed by atoms with Gasteiger partial charge in [0.25, 0.3) is 5.91 Å². The molecule has 1 fully saturated rings. The molecule has 2 atom stereocenters. The van der Waals surface area contributed by atoms with Crippen LogP contribution in [0.4, 0.5) is 0 Å². The van der Waals surface area contributed by atoms with Crippen molar-refractivity contribution in [2.45, 2.75) is 38.8 Å². The number of benzene rings is 2. The van der Waals surface area contributed by atoms with E-state index in [1.54, 1.807) is 0 Å². The van der Waals surface area contributed by atoms with E-state index in [9.17, 15) is 4.79 Å². The molecule has 0 bridgehead atoms. The van der Waals surface area contributed by atoms with E-state index in [2.05, 4.69) is 73.0 Å². The molecule has 2 aromatic carbocycles. The zero-order valence-corrected chi connectivity index (χ0v) is 14.5. The van der Waals surface area contributed by atoms with Gasteiger partial charge >= 0.3 is 0 Å². The first kappa shape index (κ1) is 16.7. The van der Waals surface area contributed by atoms with Gasteiger partial charge in [-0.2, -0.15) is 0 Å². The minimum Gasteiger partial charge on any atom is -0.348 e. The van der Waals surface area contributed by atoms with Crippen LogP contribution < -0.4 is 10.6 Å². The van der Waals surface area contributed by atoms with E-state index >= 15 is 0 Å². The summed E-state index contributed by atoms with van der Waals surface area (Å²) in [5.74, 6) is 0.818. The number of nitrogens with one attached hydrogen (secondary N) is 1. The Labute approximate surface area is 144 Å². The Morgan fingerprint density at radius 2 is 1.71 bits per heavy atom. The molecule has 0 radical (unpaired) electrons. The molecule has 0 unspecified atom stereocenters. The monoisotopic (exact) mass is 323 g/mol. The Bertz CT molecular complexity index is 662. The summed E-state index contributed by atoms with van der Waals surface area (Å²) < 4.78 is 0. The number of amides is 1. The topological polar surface area (TPSA) is 45.7 Å². The van der Waals surface area contributed by atoms with Crippen molar-refractivity contribution in [2.75, 3.05) is 6.54 Å². The minimum atomic E-state index is 0.127. The lowest BCUT2D eigenvalue weighted by atomic mass is 9.98. The van der Waals surface area contributed by atoms with Crippen molar-refractivity contribution in [3.63, 3.8) is 0 Å². The zero-order chi connectivity index (χ0) is 16.9. The van der Waals surface area contributed by atoms with Crippen LogP contribution >= 0.6 is 0 Å². The maximum atomic E-state index is 12.3. The van der Waals surface area contributed by atoms with Crippen LogP contribution in [0, 0.1) is 12.8 Å². The smallest absolute Gasteiger partial charge is 0.275 e. The largest absolute Gasteiger partial charge is 0.348 e. The fraction of sp³-hybridized carbons (Fsp3) is 0.381. The van der Waals surface area contributed by atoms with Gasteiger partial charge in [-0.1, -0.05) is 60.2 Å². The average molecular weight is 323 g/mol. The van der Waals surface area contributed by atoms with Crippen LogP contribution in [-0.4, -0.2) is 18.5 Å². The highest BCUT2D eigenvalue weighted by molar-refractivity contribution is 5.77. The summed E-state index contributed by atoms with van der Waals surface area (Å²) in [4.78, 5) is 12.3. The van der Waals surface area contributed by atoms with Crippen molar-refractivity contribution in [3.8, 4) is 0 Å². The second-order valence-corrected chi connectivity index (χ2v) is 6.93. The van der Waals surface area contributed by atoms with Crippen molar-refractivity contribution in [1.82, 2.24) is 5.32 Å². The normalized spacial score (nSPS) is 16.4. The van der Waals surface area contributed by atoms with Gasteiger partial charge in [-0.05, 0) is 32.6 Å². The zero-order valence-electron chi connectivity index (χ0n) is 14.5. The number of rotatable bonds is 7. The number of aryl methyl sites for hydroxylation is 1. The quantitative estimate of drug-likeness (QED) is 0.808. The lowest BCUT2D eigenvalue weighted by Crippen LogP contribution is -2.87. The van der Waals surface area contributed by atoms with Crippen LogP contribution in [0.3, 0.4) is 0 Å². The third-order valence-corrected chi connectivity index (χ3v) is 4.85. The third-order valence-electron chi connectivity index (χ3n) is 4.85. The van der Waals surface area contributed by atoms with Crippen LogP contribution in [-0.2, 0) is 4.79 Å². The lowest BCUT2D eigenvalue weighted by Gasteiger charge is -2.18. The summed E-state index contributed by atoms with van der Waals surface area (Å²) in [6.07, 6.45) is 2.50. The Kier molecular flexibility index (Phi) is 5.31. The first-order chi connectivity index (χ1) is 11.6. The van der Waals surface area contributed by atoms with Crippen molar-refractivity contribution in [2.24, 2.45) is 5.92 Å². The summed E-state index contributed by atoms with van der Waals surface area (Å²) in [5, 5.41) is 5.27. The van der Waals surface area contributed by atoms with Crippen LogP contribution in [0.5, 0.6) is 0 Å².